The molecule has 2 atom stereocenters. The lowest BCUT2D eigenvalue weighted by molar-refractivity contribution is -0.138. The topological polar surface area (TPSA) is 132 Å². The molecule has 1 aromatic rings. The van der Waals surface area contributed by atoms with Gasteiger partial charge in [0.05, 0.1) is 12.6 Å². The Bertz CT molecular complexity index is 1120. The van der Waals surface area contributed by atoms with Crippen molar-refractivity contribution in [1.82, 2.24) is 14.7 Å². The fraction of sp³-hybridized carbons (Fsp3) is 0.643. The Balaban J connectivity index is 1.77. The van der Waals surface area contributed by atoms with Gasteiger partial charge in [-0.05, 0) is 66.2 Å². The first-order valence-corrected chi connectivity index (χ1v) is 14.4. The molecule has 2 N–H and O–H groups in total. The summed E-state index contributed by atoms with van der Waals surface area (Å²) >= 11 is 12.2. The summed E-state index contributed by atoms with van der Waals surface area (Å²) in [5.41, 5.74) is 3.92. The van der Waals surface area contributed by atoms with E-state index in [0.717, 1.165) is 4.90 Å². The van der Waals surface area contributed by atoms with Crippen molar-refractivity contribution in [3.05, 3.63) is 28.2 Å². The third-order valence-corrected chi connectivity index (χ3v) is 6.92. The summed E-state index contributed by atoms with van der Waals surface area (Å²) < 4.78 is 17.1. The van der Waals surface area contributed by atoms with Crippen LogP contribution < -0.4 is 10.5 Å². The SMILES string of the molecule is CC(C)(C)OC(=O)N1C[C@@H](N(C(=O)CN)C(=O)OC(C)(C)C)C[C@@H]1C(=O)N1CCC(Oc2cc(Cl)cc(Cl)c2)CC1. The molecular formula is C28H40Cl2N4O7. The number of hydrogen-bond donors (Lipinski definition) is 1. The molecule has 1 aromatic carbocycles. The van der Waals surface area contributed by atoms with Crippen molar-refractivity contribution >= 4 is 47.2 Å². The highest BCUT2D eigenvalue weighted by Gasteiger charge is 2.48. The lowest BCUT2D eigenvalue weighted by atomic mass is 10.0. The lowest BCUT2D eigenvalue weighted by Crippen LogP contribution is -2.51. The summed E-state index contributed by atoms with van der Waals surface area (Å²) in [6, 6.07) is 3.21. The third kappa shape index (κ3) is 9.11. The molecule has 0 saturated carbocycles. The van der Waals surface area contributed by atoms with Crippen molar-refractivity contribution in [3.63, 3.8) is 0 Å². The molecule has 11 nitrogen and oxygen atoms in total. The number of likely N-dealkylation sites (tertiary alicyclic amines) is 2. The van der Waals surface area contributed by atoms with Crippen LogP contribution >= 0.6 is 23.2 Å². The standard InChI is InChI=1S/C28H40Cl2N4O7/c1-27(2,3)40-25(37)33-16-19(34(23(35)15-31)26(38)41-28(4,5)6)14-22(33)24(36)32-9-7-20(8-10-32)39-21-12-17(29)11-18(30)13-21/h11-13,19-20,22H,7-10,14-16,31H2,1-6H3/t19-,22+/m0/s1. The maximum Gasteiger partial charge on any atom is 0.417 e. The minimum absolute atomic E-state index is 0.0283. The number of nitrogens with two attached hydrogens (primary N) is 1. The zero-order valence-corrected chi connectivity index (χ0v) is 26.0. The number of amides is 4. The van der Waals surface area contributed by atoms with Crippen LogP contribution in [0.1, 0.15) is 60.8 Å². The molecule has 0 bridgehead atoms. The highest BCUT2D eigenvalue weighted by molar-refractivity contribution is 6.34. The molecule has 4 amide bonds. The second-order valence-electron chi connectivity index (χ2n) is 12.2. The molecule has 228 valence electrons. The molecule has 0 aromatic heterocycles. The van der Waals surface area contributed by atoms with E-state index in [1.165, 1.54) is 4.90 Å². The zero-order valence-electron chi connectivity index (χ0n) is 24.4. The van der Waals surface area contributed by atoms with E-state index in [9.17, 15) is 19.2 Å². The van der Waals surface area contributed by atoms with E-state index >= 15 is 0 Å². The van der Waals surface area contributed by atoms with Crippen LogP contribution in [0.25, 0.3) is 0 Å². The van der Waals surface area contributed by atoms with Crippen molar-refractivity contribution in [1.29, 1.82) is 0 Å². The van der Waals surface area contributed by atoms with Crippen LogP contribution in [0.2, 0.25) is 10.0 Å². The first kappa shape index (κ1) is 32.8. The van der Waals surface area contributed by atoms with E-state index < -0.39 is 47.9 Å². The minimum atomic E-state index is -0.949. The van der Waals surface area contributed by atoms with Gasteiger partial charge in [-0.1, -0.05) is 23.2 Å². The first-order valence-electron chi connectivity index (χ1n) is 13.6. The molecule has 0 spiro atoms. The van der Waals surface area contributed by atoms with Gasteiger partial charge in [0.1, 0.15) is 29.1 Å². The van der Waals surface area contributed by atoms with Gasteiger partial charge in [-0.2, -0.15) is 0 Å². The number of hydrogen-bond acceptors (Lipinski definition) is 8. The van der Waals surface area contributed by atoms with Crippen molar-refractivity contribution < 1.29 is 33.4 Å². The van der Waals surface area contributed by atoms with Gasteiger partial charge in [0.15, 0.2) is 0 Å². The zero-order chi connectivity index (χ0) is 30.7. The Kier molecular flexibility index (Phi) is 10.4. The second-order valence-corrected chi connectivity index (χ2v) is 13.1. The van der Waals surface area contributed by atoms with E-state index in [-0.39, 0.29) is 25.0 Å². The summed E-state index contributed by atoms with van der Waals surface area (Å²) in [5, 5.41) is 0.929. The summed E-state index contributed by atoms with van der Waals surface area (Å²) in [5.74, 6) is -0.415. The maximum atomic E-state index is 13.8. The third-order valence-electron chi connectivity index (χ3n) is 6.48. The van der Waals surface area contributed by atoms with Crippen molar-refractivity contribution in [2.24, 2.45) is 5.73 Å². The molecule has 0 aliphatic carbocycles. The van der Waals surface area contributed by atoms with Gasteiger partial charge in [0.25, 0.3) is 0 Å². The number of ether oxygens (including phenoxy) is 3. The van der Waals surface area contributed by atoms with Crippen LogP contribution in [0.5, 0.6) is 5.75 Å². The van der Waals surface area contributed by atoms with Gasteiger partial charge in [0.2, 0.25) is 11.8 Å². The number of halogens is 2. The lowest BCUT2D eigenvalue weighted by Gasteiger charge is -2.35. The summed E-state index contributed by atoms with van der Waals surface area (Å²) in [7, 11) is 0. The smallest absolute Gasteiger partial charge is 0.417 e. The number of carbonyl (C=O) groups is 4. The Morgan fingerprint density at radius 2 is 1.51 bits per heavy atom. The average Bonchev–Trinajstić information content (AvgIpc) is 3.26. The van der Waals surface area contributed by atoms with Crippen LogP contribution in [0.3, 0.4) is 0 Å². The highest BCUT2D eigenvalue weighted by atomic mass is 35.5. The van der Waals surface area contributed by atoms with Crippen LogP contribution in [-0.2, 0) is 19.1 Å². The number of benzene rings is 1. The maximum absolute atomic E-state index is 13.8. The second kappa shape index (κ2) is 13.0. The molecule has 41 heavy (non-hydrogen) atoms. The largest absolute Gasteiger partial charge is 0.490 e. The summed E-state index contributed by atoms with van der Waals surface area (Å²) in [4.78, 5) is 56.7. The number of imide groups is 1. The van der Waals surface area contributed by atoms with Crippen LogP contribution in [0.4, 0.5) is 9.59 Å². The normalized spacial score (nSPS) is 20.0. The van der Waals surface area contributed by atoms with Gasteiger partial charge in [-0.25, -0.2) is 14.5 Å². The van der Waals surface area contributed by atoms with Gasteiger partial charge in [-0.3, -0.25) is 14.5 Å². The van der Waals surface area contributed by atoms with Crippen LogP contribution in [0.15, 0.2) is 18.2 Å². The van der Waals surface area contributed by atoms with Crippen molar-refractivity contribution in [3.8, 4) is 5.75 Å². The van der Waals surface area contributed by atoms with Gasteiger partial charge >= 0.3 is 12.2 Å². The predicted octanol–water partition coefficient (Wildman–Crippen LogP) is 4.46. The predicted molar refractivity (Wildman–Crippen MR) is 154 cm³/mol. The Morgan fingerprint density at radius 1 is 0.951 bits per heavy atom. The van der Waals surface area contributed by atoms with Gasteiger partial charge in [0, 0.05) is 42.5 Å². The first-order chi connectivity index (χ1) is 19.0. The van der Waals surface area contributed by atoms with Gasteiger partial charge < -0.3 is 24.8 Å². The molecule has 2 saturated heterocycles. The number of rotatable bonds is 5. The molecular weight excluding hydrogens is 575 g/mol. The molecule has 2 aliphatic rings. The van der Waals surface area contributed by atoms with E-state index in [1.807, 2.05) is 0 Å². The minimum Gasteiger partial charge on any atom is -0.490 e. The van der Waals surface area contributed by atoms with Crippen molar-refractivity contribution in [2.75, 3.05) is 26.2 Å². The van der Waals surface area contributed by atoms with E-state index in [1.54, 1.807) is 64.6 Å². The Labute approximate surface area is 251 Å². The number of piperidine rings is 1. The average molecular weight is 616 g/mol. The van der Waals surface area contributed by atoms with Crippen molar-refractivity contribution in [2.45, 2.75) is 90.2 Å². The highest BCUT2D eigenvalue weighted by Crippen LogP contribution is 2.30. The van der Waals surface area contributed by atoms with Crippen LogP contribution in [-0.4, -0.2) is 94.3 Å². The fourth-order valence-corrected chi connectivity index (χ4v) is 5.32. The summed E-state index contributed by atoms with van der Waals surface area (Å²) in [6.07, 6.45) is -0.618. The van der Waals surface area contributed by atoms with E-state index in [0.29, 0.717) is 41.7 Å². The molecule has 0 radical (unpaired) electrons. The monoisotopic (exact) mass is 614 g/mol. The molecule has 2 aliphatic heterocycles. The number of nitrogens with zero attached hydrogens (tertiary/aromatic N) is 3. The Hall–Kier alpha value is -2.76. The van der Waals surface area contributed by atoms with Gasteiger partial charge in [-0.15, -0.1) is 0 Å². The molecule has 2 fully saturated rings. The fourth-order valence-electron chi connectivity index (χ4n) is 4.82. The van der Waals surface area contributed by atoms with E-state index in [2.05, 4.69) is 0 Å². The number of carbonyl (C=O) groups excluding carboxylic acids is 4. The molecule has 2 heterocycles. The molecule has 0 unspecified atom stereocenters. The summed E-state index contributed by atoms with van der Waals surface area (Å²) in [6.45, 7) is 10.4. The molecule has 3 rings (SSSR count). The van der Waals surface area contributed by atoms with E-state index in [4.69, 9.17) is 43.1 Å². The quantitative estimate of drug-likeness (QED) is 0.514. The molecule has 13 heteroatoms. The van der Waals surface area contributed by atoms with Crippen LogP contribution in [0, 0.1) is 0 Å². The Morgan fingerprint density at radius 3 is 2.02 bits per heavy atom.